The first-order valence-electron chi connectivity index (χ1n) is 4.86. The number of carbonyl (C=O) groups is 3. The van der Waals surface area contributed by atoms with E-state index >= 15 is 0 Å². The van der Waals surface area contributed by atoms with Crippen molar-refractivity contribution in [2.24, 2.45) is 0 Å². The van der Waals surface area contributed by atoms with Crippen molar-refractivity contribution in [2.75, 3.05) is 6.54 Å². The Balaban J connectivity index is 2.33. The van der Waals surface area contributed by atoms with Crippen LogP contribution in [0.15, 0.2) is 6.20 Å². The highest BCUT2D eigenvalue weighted by Crippen LogP contribution is 2.20. The minimum Gasteiger partial charge on any atom is -0.314 e. The summed E-state index contributed by atoms with van der Waals surface area (Å²) in [5, 5.41) is 2.19. The van der Waals surface area contributed by atoms with Gasteiger partial charge in [-0.1, -0.05) is 0 Å². The van der Waals surface area contributed by atoms with Gasteiger partial charge >= 0.3 is 0 Å². The maximum Gasteiger partial charge on any atom is 0.276 e. The van der Waals surface area contributed by atoms with Gasteiger partial charge in [0.2, 0.25) is 5.91 Å². The second-order valence-corrected chi connectivity index (χ2v) is 4.68. The summed E-state index contributed by atoms with van der Waals surface area (Å²) in [6.45, 7) is 2.99. The summed E-state index contributed by atoms with van der Waals surface area (Å²) in [6, 6.07) is 0. The van der Waals surface area contributed by atoms with Gasteiger partial charge in [-0.3, -0.25) is 19.7 Å². The van der Waals surface area contributed by atoms with E-state index in [0.29, 0.717) is 0 Å². The third kappa shape index (κ3) is 1.91. The Labute approximate surface area is 101 Å². The third-order valence-electron chi connectivity index (χ3n) is 2.61. The molecule has 0 unspecified atom stereocenters. The van der Waals surface area contributed by atoms with Gasteiger partial charge in [-0.15, -0.1) is 0 Å². The topological polar surface area (TPSA) is 92.3 Å². The molecule has 90 valence electrons. The summed E-state index contributed by atoms with van der Waals surface area (Å²) in [5.41, 5.74) is -0.931. The van der Waals surface area contributed by atoms with Crippen LogP contribution in [0, 0.1) is 0 Å². The van der Waals surface area contributed by atoms with Crippen LogP contribution >= 0.6 is 11.7 Å². The van der Waals surface area contributed by atoms with E-state index in [-0.39, 0.29) is 12.2 Å². The lowest BCUT2D eigenvalue weighted by molar-refractivity contribution is -0.143. The Hall–Kier alpha value is -1.83. The van der Waals surface area contributed by atoms with Crippen LogP contribution in [-0.4, -0.2) is 43.5 Å². The predicted octanol–water partition coefficient (Wildman–Crippen LogP) is -0.585. The molecule has 3 amide bonds. The molecule has 7 nitrogen and oxygen atoms in total. The monoisotopic (exact) mass is 254 g/mol. The normalized spacial score (nSPS) is 19.1. The molecule has 1 aliphatic heterocycles. The molecule has 1 N–H and O–H groups in total. The van der Waals surface area contributed by atoms with Gasteiger partial charge in [-0.25, -0.2) is 0 Å². The number of aromatic nitrogens is 2. The molecule has 1 aliphatic rings. The van der Waals surface area contributed by atoms with Crippen LogP contribution in [0.1, 0.15) is 24.3 Å². The van der Waals surface area contributed by atoms with E-state index in [9.17, 15) is 14.4 Å². The second kappa shape index (κ2) is 3.88. The van der Waals surface area contributed by atoms with E-state index < -0.39 is 23.3 Å². The van der Waals surface area contributed by atoms with Crippen LogP contribution in [0.4, 0.5) is 0 Å². The second-order valence-electron chi connectivity index (χ2n) is 4.12. The van der Waals surface area contributed by atoms with E-state index in [1.165, 1.54) is 11.1 Å². The fourth-order valence-corrected chi connectivity index (χ4v) is 1.91. The molecule has 0 saturated carbocycles. The molecular weight excluding hydrogens is 244 g/mol. The highest BCUT2D eigenvalue weighted by Gasteiger charge is 2.44. The molecule has 0 radical (unpaired) electrons. The van der Waals surface area contributed by atoms with Crippen LogP contribution < -0.4 is 5.32 Å². The fourth-order valence-electron chi connectivity index (χ4n) is 1.51. The molecule has 8 heteroatoms. The maximum absolute atomic E-state index is 12.1. The van der Waals surface area contributed by atoms with E-state index in [1.54, 1.807) is 13.8 Å². The molecule has 0 aromatic carbocycles. The Kier molecular flexibility index (Phi) is 2.66. The average Bonchev–Trinajstić information content (AvgIpc) is 2.76. The number of nitrogens with one attached hydrogen (secondary N) is 1. The van der Waals surface area contributed by atoms with Crippen LogP contribution in [0.5, 0.6) is 0 Å². The molecule has 1 aromatic rings. The summed E-state index contributed by atoms with van der Waals surface area (Å²) < 4.78 is 7.52. The van der Waals surface area contributed by atoms with Crippen molar-refractivity contribution in [3.05, 3.63) is 11.9 Å². The zero-order chi connectivity index (χ0) is 12.6. The third-order valence-corrected chi connectivity index (χ3v) is 3.09. The number of hydrogen-bond donors (Lipinski definition) is 1. The highest BCUT2D eigenvalue weighted by atomic mass is 32.1. The summed E-state index contributed by atoms with van der Waals surface area (Å²) in [4.78, 5) is 36.2. The minimum atomic E-state index is -1.07. The lowest BCUT2D eigenvalue weighted by Gasteiger charge is -2.39. The fraction of sp³-hybridized carbons (Fsp3) is 0.444. The summed E-state index contributed by atoms with van der Waals surface area (Å²) in [5.74, 6) is -1.46. The Morgan fingerprint density at radius 3 is 2.82 bits per heavy atom. The number of hydrogen-bond acceptors (Lipinski definition) is 6. The van der Waals surface area contributed by atoms with Crippen molar-refractivity contribution in [3.63, 3.8) is 0 Å². The van der Waals surface area contributed by atoms with E-state index in [4.69, 9.17) is 0 Å². The quantitative estimate of drug-likeness (QED) is 0.676. The van der Waals surface area contributed by atoms with Gasteiger partial charge in [-0.2, -0.15) is 8.75 Å². The van der Waals surface area contributed by atoms with Crippen LogP contribution in [0.3, 0.4) is 0 Å². The van der Waals surface area contributed by atoms with Gasteiger partial charge in [0.15, 0.2) is 5.69 Å². The first kappa shape index (κ1) is 11.6. The van der Waals surface area contributed by atoms with E-state index in [2.05, 4.69) is 14.1 Å². The standard InChI is InChI=1S/C9H10N4O3S/c1-9(2)8(16)11-6(14)4-13(9)7(15)5-3-10-17-12-5/h3H,4H2,1-2H3,(H,11,14,16). The van der Waals surface area contributed by atoms with E-state index in [0.717, 1.165) is 11.7 Å². The summed E-state index contributed by atoms with van der Waals surface area (Å²) in [7, 11) is 0. The first-order chi connectivity index (χ1) is 7.93. The highest BCUT2D eigenvalue weighted by molar-refractivity contribution is 6.99. The Bertz CT molecular complexity index is 482. The molecule has 17 heavy (non-hydrogen) atoms. The lowest BCUT2D eigenvalue weighted by atomic mass is 9.98. The molecule has 1 fully saturated rings. The maximum atomic E-state index is 12.1. The van der Waals surface area contributed by atoms with Crippen molar-refractivity contribution in [1.82, 2.24) is 19.0 Å². The molecule has 0 aliphatic carbocycles. The van der Waals surface area contributed by atoms with Crippen molar-refractivity contribution >= 4 is 29.4 Å². The summed E-state index contributed by atoms with van der Waals surface area (Å²) in [6.07, 6.45) is 1.32. The molecule has 0 atom stereocenters. The molecule has 1 aromatic heterocycles. The zero-order valence-electron chi connectivity index (χ0n) is 9.26. The first-order valence-corrected chi connectivity index (χ1v) is 5.60. The number of carbonyl (C=O) groups excluding carboxylic acids is 3. The minimum absolute atomic E-state index is 0.144. The lowest BCUT2D eigenvalue weighted by Crippen LogP contribution is -2.65. The van der Waals surface area contributed by atoms with Gasteiger partial charge in [0.1, 0.15) is 12.1 Å². The molecule has 1 saturated heterocycles. The number of nitrogens with zero attached hydrogens (tertiary/aromatic N) is 3. The molecule has 2 heterocycles. The van der Waals surface area contributed by atoms with Crippen LogP contribution in [-0.2, 0) is 9.59 Å². The Morgan fingerprint density at radius 2 is 2.24 bits per heavy atom. The smallest absolute Gasteiger partial charge is 0.276 e. The van der Waals surface area contributed by atoms with Crippen molar-refractivity contribution in [2.45, 2.75) is 19.4 Å². The molecule has 0 bridgehead atoms. The van der Waals surface area contributed by atoms with Gasteiger partial charge < -0.3 is 4.90 Å². The molecule has 0 spiro atoms. The number of rotatable bonds is 1. The van der Waals surface area contributed by atoms with Gasteiger partial charge in [0.25, 0.3) is 11.8 Å². The number of piperazine rings is 1. The predicted molar refractivity (Wildman–Crippen MR) is 58.2 cm³/mol. The number of imide groups is 1. The van der Waals surface area contributed by atoms with Crippen molar-refractivity contribution in [1.29, 1.82) is 0 Å². The van der Waals surface area contributed by atoms with Crippen molar-refractivity contribution < 1.29 is 14.4 Å². The number of amides is 3. The molecular formula is C9H10N4O3S. The van der Waals surface area contributed by atoms with Gasteiger partial charge in [0.05, 0.1) is 17.9 Å². The largest absolute Gasteiger partial charge is 0.314 e. The average molecular weight is 254 g/mol. The SMILES string of the molecule is CC1(C)C(=O)NC(=O)CN1C(=O)c1cnsn1. The molecule has 2 rings (SSSR count). The van der Waals surface area contributed by atoms with Crippen molar-refractivity contribution in [3.8, 4) is 0 Å². The van der Waals surface area contributed by atoms with Gasteiger partial charge in [0, 0.05) is 0 Å². The van der Waals surface area contributed by atoms with Crippen LogP contribution in [0.25, 0.3) is 0 Å². The summed E-state index contributed by atoms with van der Waals surface area (Å²) >= 11 is 0.901. The van der Waals surface area contributed by atoms with Crippen LogP contribution in [0.2, 0.25) is 0 Å². The Morgan fingerprint density at radius 1 is 1.53 bits per heavy atom. The van der Waals surface area contributed by atoms with E-state index in [1.807, 2.05) is 0 Å². The van der Waals surface area contributed by atoms with Gasteiger partial charge in [-0.05, 0) is 13.8 Å². The zero-order valence-corrected chi connectivity index (χ0v) is 10.1.